The van der Waals surface area contributed by atoms with E-state index in [1.807, 2.05) is 29.9 Å². The van der Waals surface area contributed by atoms with Gasteiger partial charge in [-0.15, -0.1) is 11.3 Å². The molecule has 0 atom stereocenters. The van der Waals surface area contributed by atoms with Crippen molar-refractivity contribution < 1.29 is 0 Å². The second kappa shape index (κ2) is 4.38. The van der Waals surface area contributed by atoms with E-state index in [-0.39, 0.29) is 0 Å². The van der Waals surface area contributed by atoms with Gasteiger partial charge in [0.25, 0.3) is 0 Å². The topological polar surface area (TPSA) is 55.1 Å². The quantitative estimate of drug-likeness (QED) is 0.784. The van der Waals surface area contributed by atoms with E-state index in [1.54, 1.807) is 17.5 Å². The van der Waals surface area contributed by atoms with Crippen molar-refractivity contribution in [1.29, 1.82) is 0 Å². The number of hydrogen-bond acceptors (Lipinski definition) is 5. The first-order valence-electron chi connectivity index (χ1n) is 5.68. The van der Waals surface area contributed by atoms with Gasteiger partial charge in [-0.3, -0.25) is 0 Å². The van der Waals surface area contributed by atoms with Gasteiger partial charge in [-0.2, -0.15) is 5.10 Å². The van der Waals surface area contributed by atoms with Crippen LogP contribution in [0.25, 0.3) is 5.52 Å². The summed E-state index contributed by atoms with van der Waals surface area (Å²) in [7, 11) is 0. The van der Waals surface area contributed by atoms with Crippen LogP contribution in [0.15, 0.2) is 24.7 Å². The highest BCUT2D eigenvalue weighted by Crippen LogP contribution is 2.17. The first-order chi connectivity index (χ1) is 8.72. The Hall–Kier alpha value is -1.95. The Balaban J connectivity index is 1.86. The lowest BCUT2D eigenvalue weighted by atomic mass is 10.4. The van der Waals surface area contributed by atoms with E-state index < -0.39 is 0 Å². The fourth-order valence-corrected chi connectivity index (χ4v) is 2.55. The predicted molar refractivity (Wildman–Crippen MR) is 71.9 cm³/mol. The summed E-state index contributed by atoms with van der Waals surface area (Å²) in [6.07, 6.45) is 5.48. The number of fused-ring (bicyclic) bond motifs is 1. The highest BCUT2D eigenvalue weighted by molar-refractivity contribution is 7.11. The second-order valence-corrected chi connectivity index (χ2v) is 5.43. The normalized spacial score (nSPS) is 11.0. The van der Waals surface area contributed by atoms with Crippen LogP contribution in [-0.2, 0) is 6.54 Å². The minimum Gasteiger partial charge on any atom is -0.362 e. The largest absolute Gasteiger partial charge is 0.362 e. The third kappa shape index (κ3) is 2.06. The number of nitrogens with one attached hydrogen (secondary N) is 1. The first kappa shape index (κ1) is 11.2. The van der Waals surface area contributed by atoms with Crippen molar-refractivity contribution >= 4 is 22.7 Å². The van der Waals surface area contributed by atoms with Crippen LogP contribution in [0.4, 0.5) is 5.82 Å². The van der Waals surface area contributed by atoms with Gasteiger partial charge in [-0.1, -0.05) is 0 Å². The van der Waals surface area contributed by atoms with Gasteiger partial charge >= 0.3 is 0 Å². The molecular formula is C12H13N5S. The lowest BCUT2D eigenvalue weighted by molar-refractivity contribution is 0.919. The molecular weight excluding hydrogens is 246 g/mol. The van der Waals surface area contributed by atoms with E-state index >= 15 is 0 Å². The molecule has 0 aliphatic heterocycles. The van der Waals surface area contributed by atoms with Crippen molar-refractivity contribution in [3.8, 4) is 0 Å². The summed E-state index contributed by atoms with van der Waals surface area (Å²) < 4.78 is 1.83. The summed E-state index contributed by atoms with van der Waals surface area (Å²) >= 11 is 1.69. The first-order valence-corrected chi connectivity index (χ1v) is 6.50. The number of anilines is 1. The molecule has 0 saturated heterocycles. The highest BCUT2D eigenvalue weighted by atomic mass is 32.1. The average Bonchev–Trinajstić information content (AvgIpc) is 2.91. The minimum absolute atomic E-state index is 0.690. The van der Waals surface area contributed by atoms with Crippen molar-refractivity contribution in [1.82, 2.24) is 19.6 Å². The van der Waals surface area contributed by atoms with Gasteiger partial charge in [0.1, 0.15) is 10.5 Å². The number of aryl methyl sites for hydroxylation is 2. The molecule has 0 aromatic carbocycles. The van der Waals surface area contributed by atoms with Crippen molar-refractivity contribution in [2.24, 2.45) is 0 Å². The summed E-state index contributed by atoms with van der Waals surface area (Å²) in [6.45, 7) is 4.72. The van der Waals surface area contributed by atoms with Gasteiger partial charge in [-0.25, -0.2) is 14.5 Å². The van der Waals surface area contributed by atoms with Crippen LogP contribution in [0, 0.1) is 13.8 Å². The molecule has 5 nitrogen and oxygen atoms in total. The van der Waals surface area contributed by atoms with Crippen LogP contribution in [0.3, 0.4) is 0 Å². The van der Waals surface area contributed by atoms with Gasteiger partial charge in [-0.05, 0) is 19.9 Å². The molecule has 0 radical (unpaired) electrons. The van der Waals surface area contributed by atoms with E-state index in [0.717, 1.165) is 22.0 Å². The zero-order chi connectivity index (χ0) is 12.5. The summed E-state index contributed by atoms with van der Waals surface area (Å²) in [6, 6.07) is 2.02. The second-order valence-electron chi connectivity index (χ2n) is 4.11. The summed E-state index contributed by atoms with van der Waals surface area (Å²) in [4.78, 5) is 9.89. The predicted octanol–water partition coefficient (Wildman–Crippen LogP) is 2.41. The molecule has 3 heterocycles. The molecule has 92 valence electrons. The maximum Gasteiger partial charge on any atom is 0.152 e. The lowest BCUT2D eigenvalue weighted by Crippen LogP contribution is -2.03. The van der Waals surface area contributed by atoms with Crippen LogP contribution in [0.2, 0.25) is 0 Å². The van der Waals surface area contributed by atoms with Crippen molar-refractivity contribution in [2.45, 2.75) is 20.4 Å². The molecule has 18 heavy (non-hydrogen) atoms. The number of rotatable bonds is 3. The van der Waals surface area contributed by atoms with Crippen LogP contribution in [0.5, 0.6) is 0 Å². The van der Waals surface area contributed by atoms with E-state index in [4.69, 9.17) is 0 Å². The molecule has 0 aliphatic carbocycles. The molecule has 3 aromatic rings. The molecule has 0 bridgehead atoms. The zero-order valence-corrected chi connectivity index (χ0v) is 11.0. The van der Waals surface area contributed by atoms with Crippen LogP contribution in [-0.4, -0.2) is 19.6 Å². The highest BCUT2D eigenvalue weighted by Gasteiger charge is 2.05. The molecule has 0 spiro atoms. The van der Waals surface area contributed by atoms with E-state index in [9.17, 15) is 0 Å². The number of thiazole rings is 1. The average molecular weight is 259 g/mol. The van der Waals surface area contributed by atoms with Crippen LogP contribution >= 0.6 is 11.3 Å². The monoisotopic (exact) mass is 259 g/mol. The maximum atomic E-state index is 4.36. The minimum atomic E-state index is 0.690. The lowest BCUT2D eigenvalue weighted by Gasteiger charge is -2.04. The van der Waals surface area contributed by atoms with Crippen LogP contribution < -0.4 is 5.32 Å². The van der Waals surface area contributed by atoms with Gasteiger partial charge in [0, 0.05) is 23.5 Å². The van der Waals surface area contributed by atoms with E-state index in [1.165, 1.54) is 4.88 Å². The Morgan fingerprint density at radius 2 is 2.22 bits per heavy atom. The molecule has 0 fully saturated rings. The van der Waals surface area contributed by atoms with Gasteiger partial charge < -0.3 is 5.32 Å². The fraction of sp³-hybridized carbons (Fsp3) is 0.250. The molecule has 0 unspecified atom stereocenters. The van der Waals surface area contributed by atoms with Gasteiger partial charge in [0.05, 0.1) is 12.2 Å². The molecule has 6 heteroatoms. The standard InChI is InChI=1S/C12H13N5S/c1-8-5-10-12(13-3-4-17(10)16-8)15-7-11-14-6-9(2)18-11/h3-6H,7H2,1-2H3,(H,13,15). The van der Waals surface area contributed by atoms with Crippen molar-refractivity contribution in [3.63, 3.8) is 0 Å². The van der Waals surface area contributed by atoms with Gasteiger partial charge in [0.2, 0.25) is 0 Å². The number of aromatic nitrogens is 4. The van der Waals surface area contributed by atoms with Crippen molar-refractivity contribution in [2.75, 3.05) is 5.32 Å². The van der Waals surface area contributed by atoms with E-state index in [2.05, 4.69) is 27.3 Å². The Kier molecular flexibility index (Phi) is 2.71. The molecule has 0 amide bonds. The summed E-state index contributed by atoms with van der Waals surface area (Å²) in [5.41, 5.74) is 1.97. The third-order valence-corrected chi connectivity index (χ3v) is 3.50. The Morgan fingerprint density at radius 1 is 1.33 bits per heavy atom. The molecule has 3 aromatic heterocycles. The Labute approximate surface area is 109 Å². The van der Waals surface area contributed by atoms with Gasteiger partial charge in [0.15, 0.2) is 5.82 Å². The summed E-state index contributed by atoms with van der Waals surface area (Å²) in [5.74, 6) is 0.839. The van der Waals surface area contributed by atoms with E-state index in [0.29, 0.717) is 6.54 Å². The SMILES string of the molecule is Cc1cc2c(NCc3ncc(C)s3)nccn2n1. The maximum absolute atomic E-state index is 4.36. The molecule has 3 rings (SSSR count). The fourth-order valence-electron chi connectivity index (χ4n) is 1.82. The number of hydrogen-bond donors (Lipinski definition) is 1. The molecule has 0 saturated carbocycles. The smallest absolute Gasteiger partial charge is 0.152 e. The Bertz CT molecular complexity index is 685. The van der Waals surface area contributed by atoms with Crippen LogP contribution in [0.1, 0.15) is 15.6 Å². The number of nitrogens with zero attached hydrogens (tertiary/aromatic N) is 4. The molecule has 0 aliphatic rings. The molecule has 1 N–H and O–H groups in total. The zero-order valence-electron chi connectivity index (χ0n) is 10.2. The Morgan fingerprint density at radius 3 is 3.00 bits per heavy atom. The summed E-state index contributed by atoms with van der Waals surface area (Å²) in [5, 5.41) is 8.73. The van der Waals surface area contributed by atoms with Crippen molar-refractivity contribution in [3.05, 3.63) is 40.2 Å². The third-order valence-electron chi connectivity index (χ3n) is 2.59.